The number of rotatable bonds is 22. The van der Waals surface area contributed by atoms with Crippen molar-refractivity contribution in [2.24, 2.45) is 0 Å². The average Bonchev–Trinajstić information content (AvgIpc) is 4.04. The number of benzene rings is 2. The molecule has 404 valence electrons. The average molecular weight is 1060 g/mol. The van der Waals surface area contributed by atoms with E-state index >= 15 is 4.39 Å². The fourth-order valence-electron chi connectivity index (χ4n) is 10.8. The Morgan fingerprint density at radius 2 is 1.57 bits per heavy atom. The number of amides is 8. The molecule has 3 aliphatic heterocycles. The van der Waals surface area contributed by atoms with Crippen molar-refractivity contribution in [1.82, 2.24) is 46.4 Å². The maximum absolute atomic E-state index is 15.5. The van der Waals surface area contributed by atoms with Crippen molar-refractivity contribution in [3.8, 4) is 11.4 Å². The lowest BCUT2D eigenvalue weighted by atomic mass is 9.77. The Morgan fingerprint density at radius 3 is 2.30 bits per heavy atom. The normalized spacial score (nSPS) is 17.8. The maximum Gasteiger partial charge on any atom is 0.313 e. The highest BCUT2D eigenvalue weighted by molar-refractivity contribution is 6.12. The predicted molar refractivity (Wildman–Crippen MR) is 273 cm³/mol. The lowest BCUT2D eigenvalue weighted by Gasteiger charge is -2.41. The van der Waals surface area contributed by atoms with Gasteiger partial charge in [0.2, 0.25) is 29.5 Å². The second-order valence-corrected chi connectivity index (χ2v) is 20.0. The first-order chi connectivity index (χ1) is 37.0. The number of nitrogens with zero attached hydrogens (tertiary/aromatic N) is 3. The van der Waals surface area contributed by atoms with Crippen LogP contribution in [0.4, 0.5) is 4.39 Å². The molecule has 3 unspecified atom stereocenters. The monoisotopic (exact) mass is 1060 g/mol. The van der Waals surface area contributed by atoms with Crippen LogP contribution in [0.15, 0.2) is 59.4 Å². The van der Waals surface area contributed by atoms with Gasteiger partial charge in [0.05, 0.1) is 60.6 Å². The molecule has 0 saturated heterocycles. The van der Waals surface area contributed by atoms with Gasteiger partial charge in [0.1, 0.15) is 30.8 Å². The van der Waals surface area contributed by atoms with Crippen LogP contribution >= 0.6 is 0 Å². The highest BCUT2D eigenvalue weighted by Crippen LogP contribution is 2.46. The number of hydrogen-bond acceptors (Lipinski definition) is 13. The fourth-order valence-corrected chi connectivity index (χ4v) is 10.8. The number of halogens is 1. The molecule has 9 rings (SSSR count). The number of ether oxygens (including phenoxy) is 2. The quantitative estimate of drug-likeness (QED) is 0.0251. The molecule has 22 heteroatoms. The molecule has 0 bridgehead atoms. The van der Waals surface area contributed by atoms with Crippen LogP contribution in [0.2, 0.25) is 0 Å². The minimum Gasteiger partial charge on any atom is -0.460 e. The van der Waals surface area contributed by atoms with E-state index in [0.29, 0.717) is 96.9 Å². The van der Waals surface area contributed by atoms with Crippen LogP contribution in [0.1, 0.15) is 116 Å². The van der Waals surface area contributed by atoms with Crippen LogP contribution in [-0.4, -0.2) is 112 Å². The Bertz CT molecular complexity index is 3170. The number of hydrogen-bond donors (Lipinski definition) is 6. The zero-order valence-electron chi connectivity index (χ0n) is 42.8. The Labute approximate surface area is 441 Å². The topological polar surface area (TPSA) is 282 Å². The summed E-state index contributed by atoms with van der Waals surface area (Å²) < 4.78 is 28.6. The SMILES string of the molecule is CCC1C(=O)OCc2c1cc1n(c2=O)Cc2c-1nc1cc(F)c(C)c3c1c2C(NC(=O)C1(OCNC(=O)CNC(=O)C(Cc2ccccc2)NC(=O)CNC(=O)CNC(=O)CCCCCN2C(=O)C=CC2=O)CCC1)CC3. The van der Waals surface area contributed by atoms with E-state index in [0.717, 1.165) is 27.0 Å². The van der Waals surface area contributed by atoms with Crippen molar-refractivity contribution < 1.29 is 57.0 Å². The van der Waals surface area contributed by atoms with Crippen LogP contribution in [0.5, 0.6) is 0 Å². The van der Waals surface area contributed by atoms with Gasteiger partial charge in [-0.1, -0.05) is 43.7 Å². The van der Waals surface area contributed by atoms with E-state index in [-0.39, 0.29) is 56.6 Å². The van der Waals surface area contributed by atoms with Crippen LogP contribution in [0, 0.1) is 12.7 Å². The molecule has 77 heavy (non-hydrogen) atoms. The number of unbranched alkanes of at least 4 members (excludes halogenated alkanes) is 2. The summed E-state index contributed by atoms with van der Waals surface area (Å²) in [6.07, 6.45) is 6.84. The molecule has 2 aromatic carbocycles. The molecular formula is C55H60FN9O12. The number of aryl methyl sites for hydroxylation is 1. The van der Waals surface area contributed by atoms with Gasteiger partial charge in [-0.25, -0.2) is 9.37 Å². The first-order valence-electron chi connectivity index (χ1n) is 26.0. The number of aromatic nitrogens is 2. The maximum atomic E-state index is 15.5. The first-order valence-corrected chi connectivity index (χ1v) is 26.0. The van der Waals surface area contributed by atoms with Crippen molar-refractivity contribution >= 4 is 64.1 Å². The number of carbonyl (C=O) groups excluding carboxylic acids is 9. The van der Waals surface area contributed by atoms with Gasteiger partial charge in [0.15, 0.2) is 0 Å². The van der Waals surface area contributed by atoms with Crippen molar-refractivity contribution in [2.45, 2.75) is 121 Å². The third kappa shape index (κ3) is 11.4. The Kier molecular flexibility index (Phi) is 16.0. The summed E-state index contributed by atoms with van der Waals surface area (Å²) in [6.45, 7) is 2.03. The summed E-state index contributed by atoms with van der Waals surface area (Å²) in [6, 6.07) is 10.3. The summed E-state index contributed by atoms with van der Waals surface area (Å²) in [5.41, 5.74) is 4.20. The van der Waals surface area contributed by atoms with Gasteiger partial charge in [-0.2, -0.15) is 0 Å². The van der Waals surface area contributed by atoms with Crippen molar-refractivity contribution in [1.29, 1.82) is 0 Å². The van der Waals surface area contributed by atoms with Gasteiger partial charge < -0.3 is 45.9 Å². The van der Waals surface area contributed by atoms with E-state index in [2.05, 4.69) is 31.9 Å². The van der Waals surface area contributed by atoms with Crippen molar-refractivity contribution in [2.75, 3.05) is 32.9 Å². The highest BCUT2D eigenvalue weighted by Gasteiger charge is 2.47. The lowest BCUT2D eigenvalue weighted by Crippen LogP contribution is -2.56. The van der Waals surface area contributed by atoms with Gasteiger partial charge in [0.25, 0.3) is 23.3 Å². The summed E-state index contributed by atoms with van der Waals surface area (Å²) in [7, 11) is 0. The third-order valence-electron chi connectivity index (χ3n) is 15.1. The fraction of sp³-hybridized carbons (Fsp3) is 0.436. The Balaban J connectivity index is 0.773. The summed E-state index contributed by atoms with van der Waals surface area (Å²) in [5, 5.41) is 16.6. The zero-order chi connectivity index (χ0) is 54.5. The molecule has 1 saturated carbocycles. The molecule has 0 spiro atoms. The second-order valence-electron chi connectivity index (χ2n) is 20.0. The number of carbonyl (C=O) groups is 9. The van der Waals surface area contributed by atoms with Crippen molar-refractivity contribution in [3.63, 3.8) is 0 Å². The van der Waals surface area contributed by atoms with Crippen LogP contribution in [0.3, 0.4) is 0 Å². The lowest BCUT2D eigenvalue weighted by molar-refractivity contribution is -0.164. The first kappa shape index (κ1) is 53.7. The Morgan fingerprint density at radius 1 is 0.857 bits per heavy atom. The highest BCUT2D eigenvalue weighted by atomic mass is 19.1. The van der Waals surface area contributed by atoms with E-state index in [1.165, 1.54) is 18.2 Å². The number of pyridine rings is 2. The number of nitrogens with one attached hydrogen (secondary N) is 6. The van der Waals surface area contributed by atoms with Gasteiger partial charge >= 0.3 is 5.97 Å². The number of esters is 1. The minimum atomic E-state index is -1.29. The molecular weight excluding hydrogens is 998 g/mol. The van der Waals surface area contributed by atoms with Crippen molar-refractivity contribution in [3.05, 3.63) is 110 Å². The number of cyclic esters (lactones) is 1. The molecule has 5 aliphatic rings. The molecule has 21 nitrogen and oxygen atoms in total. The van der Waals surface area contributed by atoms with Crippen LogP contribution in [-0.2, 0) is 78.6 Å². The standard InChI is InChI=1S/C55H60FN9O12/c1-3-32-34-22-41-50-35(27-65(41)52(73)36(34)28-76-53(32)74)49-38(15-14-33-30(2)37(56)23-39(62-50)48(33)49)63-54(75)55(18-10-19-55)77-29-60-44(68)25-59-51(72)40(21-31-11-6-4-7-12-31)61-45(69)26-58-43(67)24-57-42(66)13-8-5-9-20-64-46(70)16-17-47(64)71/h4,6-7,11-12,16-17,22-23,32,38,40H,3,5,8-10,13-15,18-21,24-29H2,1-2H3,(H,57,66)(H,58,67)(H,59,72)(H,60,68)(H,61,69)(H,63,75). The van der Waals surface area contributed by atoms with E-state index in [1.807, 2.05) is 13.0 Å². The predicted octanol–water partition coefficient (Wildman–Crippen LogP) is 2.10. The largest absolute Gasteiger partial charge is 0.460 e. The molecule has 2 aromatic heterocycles. The number of fused-ring (bicyclic) bond motifs is 5. The second kappa shape index (κ2) is 23.0. The van der Waals surface area contributed by atoms with Crippen LogP contribution in [0.25, 0.3) is 22.3 Å². The zero-order valence-corrected chi connectivity index (χ0v) is 42.8. The summed E-state index contributed by atoms with van der Waals surface area (Å²) in [4.78, 5) is 135. The van der Waals surface area contributed by atoms with E-state index < -0.39 is 90.5 Å². The number of imide groups is 1. The molecule has 4 aromatic rings. The molecule has 6 N–H and O–H groups in total. The van der Waals surface area contributed by atoms with Gasteiger partial charge in [-0.15, -0.1) is 0 Å². The van der Waals surface area contributed by atoms with Gasteiger partial charge in [-0.3, -0.25) is 52.8 Å². The molecule has 8 amide bonds. The minimum absolute atomic E-state index is 0.0491. The van der Waals surface area contributed by atoms with E-state index in [4.69, 9.17) is 14.5 Å². The molecule has 0 radical (unpaired) electrons. The smallest absolute Gasteiger partial charge is 0.313 e. The Hall–Kier alpha value is -8.14. The molecule has 5 heterocycles. The summed E-state index contributed by atoms with van der Waals surface area (Å²) >= 11 is 0. The van der Waals surface area contributed by atoms with Crippen LogP contribution < -0.4 is 37.5 Å². The van der Waals surface area contributed by atoms with Gasteiger partial charge in [0, 0.05) is 48.6 Å². The molecule has 1 fully saturated rings. The molecule has 3 atom stereocenters. The van der Waals surface area contributed by atoms with E-state index in [1.54, 1.807) is 41.8 Å². The van der Waals surface area contributed by atoms with Gasteiger partial charge in [-0.05, 0) is 92.2 Å². The third-order valence-corrected chi connectivity index (χ3v) is 15.1. The molecule has 2 aliphatic carbocycles. The van der Waals surface area contributed by atoms with E-state index in [9.17, 15) is 47.9 Å². The summed E-state index contributed by atoms with van der Waals surface area (Å²) in [5.74, 6) is -5.65.